The first-order valence-corrected chi connectivity index (χ1v) is 9.28. The van der Waals surface area contributed by atoms with Crippen LogP contribution in [0, 0.1) is 11.6 Å². The van der Waals surface area contributed by atoms with Crippen LogP contribution in [-0.4, -0.2) is 37.0 Å². The minimum Gasteiger partial charge on any atom is -0.490 e. The number of carbonyl (C=O) groups excluding carboxylic acids is 2. The number of nitrogens with one attached hydrogen (secondary N) is 1. The van der Waals surface area contributed by atoms with Crippen LogP contribution in [0.5, 0.6) is 5.75 Å². The highest BCUT2D eigenvalue weighted by Crippen LogP contribution is 2.25. The molecule has 0 aromatic heterocycles. The van der Waals surface area contributed by atoms with E-state index in [4.69, 9.17) is 4.74 Å². The zero-order valence-electron chi connectivity index (χ0n) is 15.3. The predicted molar refractivity (Wildman–Crippen MR) is 102 cm³/mol. The number of halogens is 2. The van der Waals surface area contributed by atoms with E-state index in [1.54, 1.807) is 0 Å². The molecule has 0 radical (unpaired) electrons. The summed E-state index contributed by atoms with van der Waals surface area (Å²) >= 11 is 0.884. The van der Waals surface area contributed by atoms with E-state index in [0.29, 0.717) is 6.61 Å². The number of esters is 1. The van der Waals surface area contributed by atoms with Crippen molar-refractivity contribution in [1.29, 1.82) is 0 Å². The number of ether oxygens (including phenoxy) is 2. The molecule has 0 saturated carbocycles. The molecule has 7 nitrogen and oxygen atoms in total. The van der Waals surface area contributed by atoms with E-state index in [1.807, 2.05) is 6.92 Å². The van der Waals surface area contributed by atoms with Gasteiger partial charge >= 0.3 is 5.97 Å². The van der Waals surface area contributed by atoms with Gasteiger partial charge in [0.25, 0.3) is 5.91 Å². The second-order valence-electron chi connectivity index (χ2n) is 5.60. The number of methoxy groups -OCH3 is 1. The Morgan fingerprint density at radius 3 is 2.82 bits per heavy atom. The molecular weight excluding hydrogens is 392 g/mol. The molecule has 1 heterocycles. The average molecular weight is 411 g/mol. The van der Waals surface area contributed by atoms with Crippen LogP contribution in [0.3, 0.4) is 0 Å². The molecule has 2 rings (SSSR count). The topological polar surface area (TPSA) is 89.4 Å². The Labute approximate surface area is 164 Å². The van der Waals surface area contributed by atoms with Gasteiger partial charge in [0, 0.05) is 17.7 Å². The van der Waals surface area contributed by atoms with Gasteiger partial charge in [0.05, 0.1) is 24.8 Å². The van der Waals surface area contributed by atoms with Gasteiger partial charge in [-0.15, -0.1) is 5.10 Å². The van der Waals surface area contributed by atoms with Gasteiger partial charge < -0.3 is 9.47 Å². The summed E-state index contributed by atoms with van der Waals surface area (Å²) in [6.45, 7) is 2.32. The molecule has 28 heavy (non-hydrogen) atoms. The maximum Gasteiger partial charge on any atom is 0.331 e. The molecule has 0 spiro atoms. The lowest BCUT2D eigenvalue weighted by Crippen LogP contribution is -2.19. The molecule has 1 aliphatic heterocycles. The molecule has 0 bridgehead atoms. The number of nitrogens with zero attached hydrogens (tertiary/aromatic N) is 2. The molecule has 1 aromatic rings. The summed E-state index contributed by atoms with van der Waals surface area (Å²) in [6, 6.07) is 1.81. The summed E-state index contributed by atoms with van der Waals surface area (Å²) in [5.74, 6) is -2.93. The smallest absolute Gasteiger partial charge is 0.331 e. The van der Waals surface area contributed by atoms with E-state index in [9.17, 15) is 18.4 Å². The molecule has 1 aromatic carbocycles. The van der Waals surface area contributed by atoms with Crippen LogP contribution in [0.15, 0.2) is 33.3 Å². The molecule has 0 unspecified atom stereocenters. The number of hydrogen-bond acceptors (Lipinski definition) is 7. The van der Waals surface area contributed by atoms with E-state index in [0.717, 1.165) is 55.4 Å². The highest BCUT2D eigenvalue weighted by molar-refractivity contribution is 8.18. The number of amidine groups is 1. The van der Waals surface area contributed by atoms with Crippen LogP contribution in [0.1, 0.15) is 31.7 Å². The molecule has 1 amide bonds. The summed E-state index contributed by atoms with van der Waals surface area (Å²) < 4.78 is 37.4. The molecule has 1 saturated heterocycles. The largest absolute Gasteiger partial charge is 0.490 e. The second kappa shape index (κ2) is 10.5. The fourth-order valence-electron chi connectivity index (χ4n) is 2.14. The molecule has 1 fully saturated rings. The van der Waals surface area contributed by atoms with Gasteiger partial charge in [0.15, 0.2) is 16.7 Å². The van der Waals surface area contributed by atoms with Gasteiger partial charge in [-0.1, -0.05) is 19.8 Å². The minimum atomic E-state index is -0.836. The molecule has 0 atom stereocenters. The Bertz CT molecular complexity index is 840. The Hall–Kier alpha value is -2.75. The molecule has 150 valence electrons. The zero-order chi connectivity index (χ0) is 20.5. The van der Waals surface area contributed by atoms with Crippen molar-refractivity contribution >= 4 is 35.0 Å². The Morgan fingerprint density at radius 1 is 1.32 bits per heavy atom. The highest BCUT2D eigenvalue weighted by atomic mass is 32.2. The monoisotopic (exact) mass is 411 g/mol. The van der Waals surface area contributed by atoms with E-state index in [2.05, 4.69) is 20.3 Å². The van der Waals surface area contributed by atoms with Gasteiger partial charge in [-0.3, -0.25) is 10.1 Å². The number of hydrogen-bond donors (Lipinski definition) is 1. The number of carbonyl (C=O) groups is 2. The lowest BCUT2D eigenvalue weighted by atomic mass is 10.2. The maximum absolute atomic E-state index is 14.0. The first kappa shape index (κ1) is 21.5. The fourth-order valence-corrected chi connectivity index (χ4v) is 2.88. The SMILES string of the molecule is CCCCCOc1c(F)cc(F)cc1C=N/N=C1/NC(=O)/C(=C\C(=O)OC)S1. The molecule has 1 aliphatic rings. The summed E-state index contributed by atoms with van der Waals surface area (Å²) in [6.07, 6.45) is 4.80. The van der Waals surface area contributed by atoms with E-state index in [1.165, 1.54) is 7.11 Å². The van der Waals surface area contributed by atoms with Crippen molar-refractivity contribution < 1.29 is 27.8 Å². The Balaban J connectivity index is 2.13. The second-order valence-corrected chi connectivity index (χ2v) is 6.63. The van der Waals surface area contributed by atoms with Crippen LogP contribution in [0.2, 0.25) is 0 Å². The van der Waals surface area contributed by atoms with Gasteiger partial charge in [-0.2, -0.15) is 5.10 Å². The lowest BCUT2D eigenvalue weighted by Gasteiger charge is -2.10. The van der Waals surface area contributed by atoms with Gasteiger partial charge in [-0.25, -0.2) is 13.6 Å². The van der Waals surface area contributed by atoms with Crippen molar-refractivity contribution in [3.8, 4) is 5.75 Å². The maximum atomic E-state index is 14.0. The van der Waals surface area contributed by atoms with E-state index >= 15 is 0 Å². The summed E-state index contributed by atoms with van der Waals surface area (Å²) in [5, 5.41) is 10.1. The number of benzene rings is 1. The van der Waals surface area contributed by atoms with Gasteiger partial charge in [-0.05, 0) is 24.2 Å². The van der Waals surface area contributed by atoms with Crippen molar-refractivity contribution in [2.75, 3.05) is 13.7 Å². The predicted octanol–water partition coefficient (Wildman–Crippen LogP) is 3.14. The number of amides is 1. The van der Waals surface area contributed by atoms with E-state index in [-0.39, 0.29) is 21.4 Å². The zero-order valence-corrected chi connectivity index (χ0v) is 16.1. The normalized spacial score (nSPS) is 16.8. The van der Waals surface area contributed by atoms with Crippen LogP contribution in [0.4, 0.5) is 8.78 Å². The van der Waals surface area contributed by atoms with Crippen LogP contribution in [-0.2, 0) is 14.3 Å². The molecular formula is C18H19F2N3O4S. The number of unbranched alkanes of at least 4 members (excludes halogenated alkanes) is 2. The number of thioether (sulfide) groups is 1. The molecule has 0 aliphatic carbocycles. The van der Waals surface area contributed by atoms with Crippen LogP contribution < -0.4 is 10.1 Å². The molecule has 10 heteroatoms. The van der Waals surface area contributed by atoms with Gasteiger partial charge in [0.2, 0.25) is 0 Å². The third kappa shape index (κ3) is 6.15. The van der Waals surface area contributed by atoms with E-state index < -0.39 is 23.5 Å². The van der Waals surface area contributed by atoms with Crippen molar-refractivity contribution in [2.24, 2.45) is 10.2 Å². The minimum absolute atomic E-state index is 0.0815. The Kier molecular flexibility index (Phi) is 8.12. The fraction of sp³-hybridized carbons (Fsp3) is 0.333. The van der Waals surface area contributed by atoms with Crippen molar-refractivity contribution in [3.63, 3.8) is 0 Å². The first-order valence-electron chi connectivity index (χ1n) is 8.46. The average Bonchev–Trinajstić information content (AvgIpc) is 2.99. The molecule has 1 N–H and O–H groups in total. The third-order valence-electron chi connectivity index (χ3n) is 3.48. The summed E-state index contributed by atoms with van der Waals surface area (Å²) in [5.41, 5.74) is 0.0815. The van der Waals surface area contributed by atoms with Crippen molar-refractivity contribution in [3.05, 3.63) is 40.3 Å². The summed E-state index contributed by atoms with van der Waals surface area (Å²) in [4.78, 5) is 23.0. The Morgan fingerprint density at radius 2 is 2.11 bits per heavy atom. The van der Waals surface area contributed by atoms with Crippen LogP contribution in [0.25, 0.3) is 0 Å². The van der Waals surface area contributed by atoms with Crippen LogP contribution >= 0.6 is 11.8 Å². The third-order valence-corrected chi connectivity index (χ3v) is 4.38. The number of rotatable bonds is 8. The lowest BCUT2D eigenvalue weighted by molar-refractivity contribution is -0.135. The standard InChI is InChI=1S/C18H19F2N3O4S/c1-3-4-5-6-27-16-11(7-12(19)8-13(16)20)10-21-23-18-22-17(25)14(28-18)9-15(24)26-2/h7-10H,3-6H2,1-2H3,(H,22,23,25)/b14-9+,21-10?. The van der Waals surface area contributed by atoms with Gasteiger partial charge in [0.1, 0.15) is 5.82 Å². The first-order chi connectivity index (χ1) is 13.4. The summed E-state index contributed by atoms with van der Waals surface area (Å²) in [7, 11) is 1.19. The van der Waals surface area contributed by atoms with Crippen molar-refractivity contribution in [1.82, 2.24) is 5.32 Å². The quantitative estimate of drug-likeness (QED) is 0.233. The highest BCUT2D eigenvalue weighted by Gasteiger charge is 2.25. The van der Waals surface area contributed by atoms with Crippen molar-refractivity contribution in [2.45, 2.75) is 26.2 Å².